The predicted octanol–water partition coefficient (Wildman–Crippen LogP) is 4.03. The van der Waals surface area contributed by atoms with E-state index in [1.165, 1.54) is 43.0 Å². The zero-order valence-corrected chi connectivity index (χ0v) is 14.6. The van der Waals surface area contributed by atoms with Crippen molar-refractivity contribution in [1.82, 2.24) is 0 Å². The van der Waals surface area contributed by atoms with Gasteiger partial charge < -0.3 is 13.3 Å². The average molecular weight is 374 g/mol. The summed E-state index contributed by atoms with van der Waals surface area (Å²) in [6, 6.07) is 0.935. The molecular weight excluding hydrogens is 347 g/mol. The molecule has 104 valence electrons. The Bertz CT molecular complexity index is 158. The van der Waals surface area contributed by atoms with Crippen LogP contribution in [0.3, 0.4) is 0 Å². The van der Waals surface area contributed by atoms with Crippen LogP contribution < -0.4 is 0 Å². The summed E-state index contributed by atoms with van der Waals surface area (Å²) < 4.78 is 17.5. The van der Waals surface area contributed by atoms with Crippen LogP contribution in [0.4, 0.5) is 0 Å². The van der Waals surface area contributed by atoms with Gasteiger partial charge in [-0.2, -0.15) is 0 Å². The summed E-state index contributed by atoms with van der Waals surface area (Å²) in [6.07, 6.45) is 9.22. The Labute approximate surface area is 121 Å². The van der Waals surface area contributed by atoms with Crippen molar-refractivity contribution in [2.45, 2.75) is 51.0 Å². The molecule has 0 aliphatic carbocycles. The van der Waals surface area contributed by atoms with Gasteiger partial charge >= 0.3 is 8.80 Å². The van der Waals surface area contributed by atoms with E-state index in [-0.39, 0.29) is 0 Å². The number of alkyl halides is 1. The Kier molecular flexibility index (Phi) is 12.5. The van der Waals surface area contributed by atoms with Crippen molar-refractivity contribution in [1.29, 1.82) is 0 Å². The van der Waals surface area contributed by atoms with Gasteiger partial charge in [-0.3, -0.25) is 0 Å². The third-order valence-electron chi connectivity index (χ3n) is 3.05. The van der Waals surface area contributed by atoms with E-state index in [9.17, 15) is 0 Å². The molecule has 0 aromatic rings. The Hall–Kier alpha value is 0.827. The molecule has 0 aromatic heterocycles. The van der Waals surface area contributed by atoms with E-state index in [4.69, 9.17) is 13.3 Å². The minimum atomic E-state index is -2.30. The summed E-state index contributed by atoms with van der Waals surface area (Å²) in [7, 11) is 2.75. The molecule has 0 amide bonds. The van der Waals surface area contributed by atoms with E-state index in [0.717, 1.165) is 12.5 Å². The zero-order chi connectivity index (χ0) is 13.0. The molecule has 0 aliphatic heterocycles. The van der Waals surface area contributed by atoms with E-state index in [1.807, 2.05) is 0 Å². The number of hydrogen-bond acceptors (Lipinski definition) is 3. The summed E-state index contributed by atoms with van der Waals surface area (Å²) in [6.45, 7) is 0. The minimum Gasteiger partial charge on any atom is -0.377 e. The van der Waals surface area contributed by atoms with Crippen LogP contribution in [0.2, 0.25) is 6.04 Å². The van der Waals surface area contributed by atoms with Crippen molar-refractivity contribution in [3.8, 4) is 0 Å². The van der Waals surface area contributed by atoms with Crippen LogP contribution in [0.15, 0.2) is 0 Å². The first kappa shape index (κ1) is 17.8. The maximum absolute atomic E-state index is 5.39. The van der Waals surface area contributed by atoms with Gasteiger partial charge in [0, 0.05) is 27.4 Å². The van der Waals surface area contributed by atoms with Crippen molar-refractivity contribution in [3.63, 3.8) is 0 Å². The van der Waals surface area contributed by atoms with Crippen LogP contribution in [-0.2, 0) is 13.3 Å². The van der Waals surface area contributed by atoms with Crippen molar-refractivity contribution in [3.05, 3.63) is 0 Å². The average Bonchev–Trinajstić information content (AvgIpc) is 2.38. The molecule has 17 heavy (non-hydrogen) atoms. The second-order valence-electron chi connectivity index (χ2n) is 4.21. The first-order valence-corrected chi connectivity index (χ1v) is 9.92. The molecule has 0 N–H and O–H groups in total. The summed E-state index contributed by atoms with van der Waals surface area (Å²) in [4.78, 5) is 0. The molecule has 0 spiro atoms. The third kappa shape index (κ3) is 8.53. The molecule has 0 unspecified atom stereocenters. The molecule has 3 nitrogen and oxygen atoms in total. The summed E-state index contributed by atoms with van der Waals surface area (Å²) in [5.41, 5.74) is 0. The van der Waals surface area contributed by atoms with Crippen LogP contribution >= 0.6 is 22.6 Å². The maximum atomic E-state index is 5.39. The van der Waals surface area contributed by atoms with Gasteiger partial charge in [-0.25, -0.2) is 0 Å². The second kappa shape index (κ2) is 11.9. The molecule has 0 heterocycles. The fraction of sp³-hybridized carbons (Fsp3) is 1.00. The quantitative estimate of drug-likeness (QED) is 0.223. The van der Waals surface area contributed by atoms with Gasteiger partial charge in [-0.1, -0.05) is 54.7 Å². The van der Waals surface area contributed by atoms with Gasteiger partial charge in [0.25, 0.3) is 0 Å². The van der Waals surface area contributed by atoms with Crippen molar-refractivity contribution in [2.75, 3.05) is 25.8 Å². The van der Waals surface area contributed by atoms with E-state index in [1.54, 1.807) is 21.3 Å². The highest BCUT2D eigenvalue weighted by atomic mass is 127. The SMILES string of the molecule is CO[Si](CCCCCCCCCI)(OC)OC. The standard InChI is InChI=1S/C12H27IO3Si/c1-14-17(15-2,16-3)12-10-8-6-4-5-7-9-11-13/h4-12H2,1-3H3. The first-order valence-electron chi connectivity index (χ1n) is 6.46. The summed E-state index contributed by atoms with van der Waals surface area (Å²) in [5.74, 6) is 0. The van der Waals surface area contributed by atoms with E-state index in [0.29, 0.717) is 0 Å². The lowest BCUT2D eigenvalue weighted by Gasteiger charge is -2.24. The lowest BCUT2D eigenvalue weighted by molar-refractivity contribution is 0.122. The molecule has 0 radical (unpaired) electrons. The topological polar surface area (TPSA) is 27.7 Å². The second-order valence-corrected chi connectivity index (χ2v) is 8.38. The molecular formula is C12H27IO3Si. The molecule has 0 fully saturated rings. The highest BCUT2D eigenvalue weighted by Gasteiger charge is 2.36. The lowest BCUT2D eigenvalue weighted by Crippen LogP contribution is -2.42. The Morgan fingerprint density at radius 2 is 1.12 bits per heavy atom. The van der Waals surface area contributed by atoms with Gasteiger partial charge in [0.15, 0.2) is 0 Å². The fourth-order valence-electron chi connectivity index (χ4n) is 1.88. The van der Waals surface area contributed by atoms with Crippen molar-refractivity contribution < 1.29 is 13.3 Å². The normalized spacial score (nSPS) is 12.0. The molecule has 0 bridgehead atoms. The molecule has 0 saturated carbocycles. The number of rotatable bonds is 12. The van der Waals surface area contributed by atoms with Crippen LogP contribution in [0.25, 0.3) is 0 Å². The number of hydrogen-bond donors (Lipinski definition) is 0. The van der Waals surface area contributed by atoms with Gasteiger partial charge in [0.1, 0.15) is 0 Å². The largest absolute Gasteiger partial charge is 0.500 e. The van der Waals surface area contributed by atoms with Gasteiger partial charge in [0.05, 0.1) is 0 Å². The van der Waals surface area contributed by atoms with Crippen molar-refractivity contribution >= 4 is 31.4 Å². The van der Waals surface area contributed by atoms with Crippen LogP contribution in [0.5, 0.6) is 0 Å². The first-order chi connectivity index (χ1) is 8.24. The van der Waals surface area contributed by atoms with Gasteiger partial charge in [0.2, 0.25) is 0 Å². The highest BCUT2D eigenvalue weighted by molar-refractivity contribution is 14.1. The Balaban J connectivity index is 3.43. The molecule has 5 heteroatoms. The summed E-state index contributed by atoms with van der Waals surface area (Å²) in [5, 5.41) is 0. The molecule has 0 aliphatic rings. The predicted molar refractivity (Wildman–Crippen MR) is 82.8 cm³/mol. The lowest BCUT2D eigenvalue weighted by atomic mass is 10.1. The van der Waals surface area contributed by atoms with Gasteiger partial charge in [-0.15, -0.1) is 0 Å². The third-order valence-corrected chi connectivity index (χ3v) is 6.64. The monoisotopic (exact) mass is 374 g/mol. The van der Waals surface area contributed by atoms with E-state index < -0.39 is 8.80 Å². The van der Waals surface area contributed by atoms with Crippen LogP contribution in [0.1, 0.15) is 44.9 Å². The Morgan fingerprint density at radius 3 is 1.53 bits per heavy atom. The van der Waals surface area contributed by atoms with Crippen LogP contribution in [0, 0.1) is 0 Å². The van der Waals surface area contributed by atoms with E-state index >= 15 is 0 Å². The van der Waals surface area contributed by atoms with E-state index in [2.05, 4.69) is 22.6 Å². The molecule has 0 rings (SSSR count). The highest BCUT2D eigenvalue weighted by Crippen LogP contribution is 2.18. The molecule has 0 saturated heterocycles. The van der Waals surface area contributed by atoms with Crippen molar-refractivity contribution in [2.24, 2.45) is 0 Å². The van der Waals surface area contributed by atoms with Crippen LogP contribution in [-0.4, -0.2) is 34.6 Å². The zero-order valence-electron chi connectivity index (χ0n) is 11.5. The summed E-state index contributed by atoms with van der Waals surface area (Å²) >= 11 is 2.45. The van der Waals surface area contributed by atoms with Gasteiger partial charge in [-0.05, 0) is 17.3 Å². The number of halogens is 1. The molecule has 0 aromatic carbocycles. The maximum Gasteiger partial charge on any atom is 0.500 e. The Morgan fingerprint density at radius 1 is 0.706 bits per heavy atom. The number of unbranched alkanes of at least 4 members (excludes halogenated alkanes) is 6. The fourth-order valence-corrected chi connectivity index (χ4v) is 4.21. The minimum absolute atomic E-state index is 0.935. The molecule has 0 atom stereocenters. The smallest absolute Gasteiger partial charge is 0.377 e.